The lowest BCUT2D eigenvalue weighted by molar-refractivity contribution is 0.369. The SMILES string of the molecule is Cc1[nH]nc2c1[C@@H](c1ccc(Br)o1)C(C#N)=C(N)O2. The van der Waals surface area contributed by atoms with Gasteiger partial charge in [0.2, 0.25) is 11.8 Å². The second kappa shape index (κ2) is 4.17. The van der Waals surface area contributed by atoms with Gasteiger partial charge in [-0.05, 0) is 35.0 Å². The molecule has 0 amide bonds. The van der Waals surface area contributed by atoms with Gasteiger partial charge in [-0.2, -0.15) is 5.26 Å². The summed E-state index contributed by atoms with van der Waals surface area (Å²) in [4.78, 5) is 0. The van der Waals surface area contributed by atoms with E-state index in [9.17, 15) is 5.26 Å². The minimum Gasteiger partial charge on any atom is -0.453 e. The number of nitriles is 1. The fraction of sp³-hybridized carbons (Fsp3) is 0.167. The molecule has 1 aliphatic rings. The summed E-state index contributed by atoms with van der Waals surface area (Å²) in [5, 5.41) is 16.2. The van der Waals surface area contributed by atoms with E-state index < -0.39 is 5.92 Å². The maximum Gasteiger partial charge on any atom is 0.244 e. The first-order valence-electron chi connectivity index (χ1n) is 5.49. The Balaban J connectivity index is 2.24. The van der Waals surface area contributed by atoms with Gasteiger partial charge in [0.15, 0.2) is 4.67 Å². The van der Waals surface area contributed by atoms with Crippen molar-refractivity contribution < 1.29 is 9.15 Å². The number of rotatable bonds is 1. The fourth-order valence-electron chi connectivity index (χ4n) is 2.17. The molecule has 6 nitrogen and oxygen atoms in total. The molecule has 3 heterocycles. The molecule has 0 spiro atoms. The first-order valence-corrected chi connectivity index (χ1v) is 6.28. The fourth-order valence-corrected chi connectivity index (χ4v) is 2.49. The van der Waals surface area contributed by atoms with E-state index in [1.54, 1.807) is 12.1 Å². The number of ether oxygens (including phenoxy) is 1. The van der Waals surface area contributed by atoms with Crippen molar-refractivity contribution in [1.29, 1.82) is 5.26 Å². The van der Waals surface area contributed by atoms with Gasteiger partial charge in [0, 0.05) is 5.69 Å². The normalized spacial score (nSPS) is 17.8. The second-order valence-electron chi connectivity index (χ2n) is 4.13. The van der Waals surface area contributed by atoms with E-state index in [4.69, 9.17) is 14.9 Å². The van der Waals surface area contributed by atoms with Crippen molar-refractivity contribution in [2.75, 3.05) is 0 Å². The molecule has 3 N–H and O–H groups in total. The third-order valence-electron chi connectivity index (χ3n) is 3.01. The average Bonchev–Trinajstić information content (AvgIpc) is 2.95. The molecular formula is C12H9BrN4O2. The van der Waals surface area contributed by atoms with Crippen LogP contribution in [-0.4, -0.2) is 10.2 Å². The van der Waals surface area contributed by atoms with Gasteiger partial charge in [-0.1, -0.05) is 0 Å². The number of nitrogens with two attached hydrogens (primary N) is 1. The predicted octanol–water partition coefficient (Wildman–Crippen LogP) is 2.29. The zero-order valence-electron chi connectivity index (χ0n) is 9.90. The Hall–Kier alpha value is -2.20. The average molecular weight is 321 g/mol. The van der Waals surface area contributed by atoms with Crippen LogP contribution in [0.15, 0.2) is 32.7 Å². The van der Waals surface area contributed by atoms with E-state index in [1.807, 2.05) is 6.92 Å². The molecule has 0 radical (unpaired) electrons. The zero-order valence-corrected chi connectivity index (χ0v) is 11.5. The number of aromatic nitrogens is 2. The summed E-state index contributed by atoms with van der Waals surface area (Å²) in [7, 11) is 0. The summed E-state index contributed by atoms with van der Waals surface area (Å²) < 4.78 is 11.5. The molecule has 3 rings (SSSR count). The molecule has 0 aromatic carbocycles. The highest BCUT2D eigenvalue weighted by atomic mass is 79.9. The number of hydrogen-bond donors (Lipinski definition) is 2. The summed E-state index contributed by atoms with van der Waals surface area (Å²) >= 11 is 3.25. The van der Waals surface area contributed by atoms with Gasteiger partial charge in [0.1, 0.15) is 17.4 Å². The summed E-state index contributed by atoms with van der Waals surface area (Å²) in [6, 6.07) is 5.64. The molecule has 7 heteroatoms. The molecule has 0 bridgehead atoms. The van der Waals surface area contributed by atoms with Crippen molar-refractivity contribution in [3.63, 3.8) is 0 Å². The van der Waals surface area contributed by atoms with E-state index in [-0.39, 0.29) is 5.88 Å². The standard InChI is InChI=1S/C12H9BrN4O2/c1-5-9-10(7-2-3-8(13)18-7)6(4-14)11(15)19-12(9)17-16-5/h2-3,10H,15H2,1H3,(H,16,17)/t10-/m1/s1. The molecular weight excluding hydrogens is 312 g/mol. The third-order valence-corrected chi connectivity index (χ3v) is 3.43. The largest absolute Gasteiger partial charge is 0.453 e. The van der Waals surface area contributed by atoms with E-state index in [2.05, 4.69) is 32.2 Å². The maximum atomic E-state index is 9.30. The molecule has 19 heavy (non-hydrogen) atoms. The maximum absolute atomic E-state index is 9.30. The van der Waals surface area contributed by atoms with Crippen LogP contribution >= 0.6 is 15.9 Å². The minimum absolute atomic E-state index is 0.0547. The highest BCUT2D eigenvalue weighted by molar-refractivity contribution is 9.10. The van der Waals surface area contributed by atoms with Crippen LogP contribution in [0.5, 0.6) is 5.88 Å². The van der Waals surface area contributed by atoms with Gasteiger partial charge in [-0.15, -0.1) is 5.10 Å². The van der Waals surface area contributed by atoms with Gasteiger partial charge < -0.3 is 14.9 Å². The van der Waals surface area contributed by atoms with Crippen molar-refractivity contribution in [1.82, 2.24) is 10.2 Å². The molecule has 96 valence electrons. The number of nitrogens with zero attached hydrogens (tertiary/aromatic N) is 2. The monoisotopic (exact) mass is 320 g/mol. The molecule has 0 saturated heterocycles. The number of H-pyrrole nitrogens is 1. The van der Waals surface area contributed by atoms with Crippen LogP contribution in [0, 0.1) is 18.3 Å². The summed E-state index contributed by atoms with van der Waals surface area (Å²) in [6.45, 7) is 1.86. The number of furan rings is 1. The highest BCUT2D eigenvalue weighted by Crippen LogP contribution is 2.43. The van der Waals surface area contributed by atoms with E-state index in [0.717, 1.165) is 11.3 Å². The van der Waals surface area contributed by atoms with Crippen LogP contribution in [0.3, 0.4) is 0 Å². The first kappa shape index (κ1) is 11.9. The molecule has 2 aromatic rings. The smallest absolute Gasteiger partial charge is 0.244 e. The van der Waals surface area contributed by atoms with Crippen LogP contribution in [-0.2, 0) is 0 Å². The third kappa shape index (κ3) is 1.72. The van der Waals surface area contributed by atoms with Crippen molar-refractivity contribution in [3.05, 3.63) is 45.3 Å². The summed E-state index contributed by atoms with van der Waals surface area (Å²) in [5.74, 6) is 0.643. The van der Waals surface area contributed by atoms with E-state index in [0.29, 0.717) is 21.9 Å². The number of nitrogens with one attached hydrogen (secondary N) is 1. The molecule has 2 aromatic heterocycles. The van der Waals surface area contributed by atoms with Crippen LogP contribution < -0.4 is 10.5 Å². The van der Waals surface area contributed by atoms with Gasteiger partial charge in [0.05, 0.1) is 11.5 Å². The molecule has 0 fully saturated rings. The highest BCUT2D eigenvalue weighted by Gasteiger charge is 2.36. The Morgan fingerprint density at radius 2 is 2.32 bits per heavy atom. The van der Waals surface area contributed by atoms with Crippen LogP contribution in [0.2, 0.25) is 0 Å². The van der Waals surface area contributed by atoms with Crippen LogP contribution in [0.4, 0.5) is 0 Å². The summed E-state index contributed by atoms with van der Waals surface area (Å²) in [6.07, 6.45) is 0. The van der Waals surface area contributed by atoms with Gasteiger partial charge in [-0.3, -0.25) is 5.10 Å². The van der Waals surface area contributed by atoms with E-state index in [1.165, 1.54) is 0 Å². The Bertz CT molecular complexity index is 722. The number of allylic oxidation sites excluding steroid dienone is 1. The number of aromatic amines is 1. The van der Waals surface area contributed by atoms with Crippen molar-refractivity contribution in [2.45, 2.75) is 12.8 Å². The Morgan fingerprint density at radius 3 is 2.95 bits per heavy atom. The lowest BCUT2D eigenvalue weighted by Gasteiger charge is -2.21. The number of halogens is 1. The molecule has 1 aliphatic heterocycles. The quantitative estimate of drug-likeness (QED) is 0.839. The molecule has 0 saturated carbocycles. The van der Waals surface area contributed by atoms with Crippen LogP contribution in [0.25, 0.3) is 0 Å². The van der Waals surface area contributed by atoms with Crippen molar-refractivity contribution in [3.8, 4) is 11.9 Å². The first-order chi connectivity index (χ1) is 9.11. The molecule has 0 unspecified atom stereocenters. The van der Waals surface area contributed by atoms with Gasteiger partial charge in [0.25, 0.3) is 0 Å². The number of fused-ring (bicyclic) bond motifs is 1. The zero-order chi connectivity index (χ0) is 13.6. The van der Waals surface area contributed by atoms with Crippen LogP contribution in [0.1, 0.15) is 22.9 Å². The summed E-state index contributed by atoms with van der Waals surface area (Å²) in [5.41, 5.74) is 7.68. The lowest BCUT2D eigenvalue weighted by Crippen LogP contribution is -2.20. The van der Waals surface area contributed by atoms with Gasteiger partial charge in [-0.25, -0.2) is 0 Å². The predicted molar refractivity (Wildman–Crippen MR) is 69.0 cm³/mol. The molecule has 0 aliphatic carbocycles. The van der Waals surface area contributed by atoms with Crippen molar-refractivity contribution in [2.24, 2.45) is 5.73 Å². The topological polar surface area (TPSA) is 101 Å². The number of hydrogen-bond acceptors (Lipinski definition) is 5. The number of aryl methyl sites for hydroxylation is 1. The minimum atomic E-state index is -0.404. The van der Waals surface area contributed by atoms with Gasteiger partial charge >= 0.3 is 0 Å². The molecule has 1 atom stereocenters. The Labute approximate surface area is 117 Å². The Morgan fingerprint density at radius 1 is 1.53 bits per heavy atom. The Kier molecular flexibility index (Phi) is 2.61. The van der Waals surface area contributed by atoms with E-state index >= 15 is 0 Å². The lowest BCUT2D eigenvalue weighted by atomic mass is 9.88. The van der Waals surface area contributed by atoms with Crippen molar-refractivity contribution >= 4 is 15.9 Å². The second-order valence-corrected chi connectivity index (χ2v) is 4.92.